The number of anilines is 1. The molecule has 0 fully saturated rings. The van der Waals surface area contributed by atoms with E-state index in [1.807, 2.05) is 0 Å². The summed E-state index contributed by atoms with van der Waals surface area (Å²) >= 11 is 0. The first-order valence-corrected chi connectivity index (χ1v) is 3.48. The Morgan fingerprint density at radius 2 is 2.33 bits per heavy atom. The zero-order chi connectivity index (χ0) is 8.55. The number of hydrogen-bond acceptors (Lipinski definition) is 4. The number of aromatic nitrogens is 1. The van der Waals surface area contributed by atoms with Crippen molar-refractivity contribution in [2.75, 3.05) is 12.8 Å². The van der Waals surface area contributed by atoms with Gasteiger partial charge in [0.2, 0.25) is 0 Å². The Morgan fingerprint density at radius 3 is 3.08 bits per heavy atom. The van der Waals surface area contributed by atoms with Crippen LogP contribution in [0.15, 0.2) is 22.9 Å². The van der Waals surface area contributed by atoms with Crippen LogP contribution in [-0.2, 0) is 0 Å². The van der Waals surface area contributed by atoms with E-state index in [9.17, 15) is 0 Å². The molecule has 2 rings (SSSR count). The van der Waals surface area contributed by atoms with Gasteiger partial charge in [-0.15, -0.1) is 0 Å². The van der Waals surface area contributed by atoms with Crippen LogP contribution >= 0.6 is 0 Å². The molecule has 0 radical (unpaired) electrons. The third-order valence-corrected chi connectivity index (χ3v) is 1.70. The van der Waals surface area contributed by atoms with Crippen LogP contribution in [0.5, 0.6) is 5.75 Å². The van der Waals surface area contributed by atoms with Crippen LogP contribution < -0.4 is 10.5 Å². The normalized spacial score (nSPS) is 10.4. The number of benzene rings is 1. The minimum Gasteiger partial charge on any atom is -0.494 e. The molecular weight excluding hydrogens is 156 g/mol. The van der Waals surface area contributed by atoms with Crippen LogP contribution in [0.25, 0.3) is 11.1 Å². The van der Waals surface area contributed by atoms with Crippen LogP contribution in [0.4, 0.5) is 5.69 Å². The second-order valence-electron chi connectivity index (χ2n) is 2.39. The summed E-state index contributed by atoms with van der Waals surface area (Å²) in [5.74, 6) is 0.674. The average Bonchev–Trinajstić information content (AvgIpc) is 2.54. The highest BCUT2D eigenvalue weighted by Crippen LogP contribution is 2.28. The first-order chi connectivity index (χ1) is 5.83. The summed E-state index contributed by atoms with van der Waals surface area (Å²) < 4.78 is 10.1. The number of nitrogen functional groups attached to an aromatic ring is 1. The molecular formula is C8H8N2O2. The molecule has 1 aromatic heterocycles. The molecule has 0 amide bonds. The molecule has 0 aliphatic rings. The summed E-state index contributed by atoms with van der Waals surface area (Å²) in [4.78, 5) is 3.98. The van der Waals surface area contributed by atoms with Gasteiger partial charge in [0, 0.05) is 0 Å². The predicted octanol–water partition coefficient (Wildman–Crippen LogP) is 1.42. The molecule has 2 N–H and O–H groups in total. The van der Waals surface area contributed by atoms with Gasteiger partial charge < -0.3 is 14.9 Å². The van der Waals surface area contributed by atoms with Crippen molar-refractivity contribution in [3.8, 4) is 5.75 Å². The molecule has 0 bridgehead atoms. The Morgan fingerprint density at radius 1 is 1.50 bits per heavy atom. The lowest BCUT2D eigenvalue weighted by Crippen LogP contribution is -1.88. The van der Waals surface area contributed by atoms with Crippen molar-refractivity contribution >= 4 is 16.8 Å². The summed E-state index contributed by atoms with van der Waals surface area (Å²) in [6.07, 6.45) is 1.35. The maximum Gasteiger partial charge on any atom is 0.182 e. The van der Waals surface area contributed by atoms with Crippen molar-refractivity contribution in [3.63, 3.8) is 0 Å². The van der Waals surface area contributed by atoms with Gasteiger partial charge in [-0.25, -0.2) is 4.98 Å². The highest BCUT2D eigenvalue weighted by Gasteiger charge is 2.07. The molecule has 0 atom stereocenters. The van der Waals surface area contributed by atoms with Crippen molar-refractivity contribution < 1.29 is 9.15 Å². The minimum absolute atomic E-state index is 0.573. The lowest BCUT2D eigenvalue weighted by Gasteiger charge is -1.99. The zero-order valence-electron chi connectivity index (χ0n) is 6.57. The minimum atomic E-state index is 0.573. The highest BCUT2D eigenvalue weighted by molar-refractivity contribution is 5.89. The number of fused-ring (bicyclic) bond motifs is 1. The van der Waals surface area contributed by atoms with E-state index in [1.165, 1.54) is 6.39 Å². The van der Waals surface area contributed by atoms with Gasteiger partial charge in [-0.3, -0.25) is 0 Å². The fraction of sp³-hybridized carbons (Fsp3) is 0.125. The van der Waals surface area contributed by atoms with E-state index in [0.717, 1.165) is 0 Å². The molecule has 2 aromatic rings. The van der Waals surface area contributed by atoms with Crippen LogP contribution in [-0.4, -0.2) is 12.1 Å². The van der Waals surface area contributed by atoms with Gasteiger partial charge >= 0.3 is 0 Å². The van der Waals surface area contributed by atoms with Gasteiger partial charge in [-0.05, 0) is 12.1 Å². The number of nitrogens with two attached hydrogens (primary N) is 1. The number of rotatable bonds is 1. The molecule has 0 saturated heterocycles. The van der Waals surface area contributed by atoms with E-state index in [-0.39, 0.29) is 0 Å². The summed E-state index contributed by atoms with van der Waals surface area (Å²) in [6, 6.07) is 3.49. The lowest BCUT2D eigenvalue weighted by molar-refractivity contribution is 0.419. The third-order valence-electron chi connectivity index (χ3n) is 1.70. The number of nitrogens with zero attached hydrogens (tertiary/aromatic N) is 1. The Bertz CT molecular complexity index is 408. The van der Waals surface area contributed by atoms with Crippen LogP contribution in [0.3, 0.4) is 0 Å². The zero-order valence-corrected chi connectivity index (χ0v) is 6.57. The van der Waals surface area contributed by atoms with E-state index in [1.54, 1.807) is 19.2 Å². The van der Waals surface area contributed by atoms with Crippen molar-refractivity contribution in [1.29, 1.82) is 0 Å². The topological polar surface area (TPSA) is 61.3 Å². The fourth-order valence-electron chi connectivity index (χ4n) is 1.11. The molecule has 62 valence electrons. The maximum absolute atomic E-state index is 5.63. The SMILES string of the molecule is COc1ccc(N)c2ocnc12. The van der Waals surface area contributed by atoms with E-state index in [4.69, 9.17) is 14.9 Å². The Kier molecular flexibility index (Phi) is 1.40. The number of hydrogen-bond donors (Lipinski definition) is 1. The summed E-state index contributed by atoms with van der Waals surface area (Å²) in [6.45, 7) is 0. The van der Waals surface area contributed by atoms with Crippen molar-refractivity contribution in [1.82, 2.24) is 4.98 Å². The molecule has 1 aromatic carbocycles. The second-order valence-corrected chi connectivity index (χ2v) is 2.39. The van der Waals surface area contributed by atoms with E-state index in [0.29, 0.717) is 22.5 Å². The molecule has 1 heterocycles. The van der Waals surface area contributed by atoms with E-state index in [2.05, 4.69) is 4.98 Å². The van der Waals surface area contributed by atoms with Crippen LogP contribution in [0.2, 0.25) is 0 Å². The molecule has 4 heteroatoms. The molecule has 0 aliphatic heterocycles. The van der Waals surface area contributed by atoms with Gasteiger partial charge in [-0.2, -0.15) is 0 Å². The summed E-state index contributed by atoms with van der Waals surface area (Å²) in [5, 5.41) is 0. The quantitative estimate of drug-likeness (QED) is 0.647. The summed E-state index contributed by atoms with van der Waals surface area (Å²) in [7, 11) is 1.58. The lowest BCUT2D eigenvalue weighted by atomic mass is 10.2. The highest BCUT2D eigenvalue weighted by atomic mass is 16.5. The van der Waals surface area contributed by atoms with E-state index >= 15 is 0 Å². The standard InChI is InChI=1S/C8H8N2O2/c1-11-6-3-2-5(9)8-7(6)10-4-12-8/h2-4H,9H2,1H3. The van der Waals surface area contributed by atoms with Crippen molar-refractivity contribution in [2.24, 2.45) is 0 Å². The molecule has 0 spiro atoms. The molecule has 12 heavy (non-hydrogen) atoms. The number of methoxy groups -OCH3 is 1. The largest absolute Gasteiger partial charge is 0.494 e. The molecule has 0 aliphatic carbocycles. The van der Waals surface area contributed by atoms with Crippen LogP contribution in [0, 0.1) is 0 Å². The van der Waals surface area contributed by atoms with Gasteiger partial charge in [0.05, 0.1) is 12.8 Å². The number of ether oxygens (including phenoxy) is 1. The predicted molar refractivity (Wildman–Crippen MR) is 45.0 cm³/mol. The average molecular weight is 164 g/mol. The monoisotopic (exact) mass is 164 g/mol. The van der Waals surface area contributed by atoms with Gasteiger partial charge in [-0.1, -0.05) is 0 Å². The molecule has 4 nitrogen and oxygen atoms in total. The molecule has 0 saturated carbocycles. The van der Waals surface area contributed by atoms with Gasteiger partial charge in [0.15, 0.2) is 17.5 Å². The Labute approximate surface area is 68.9 Å². The van der Waals surface area contributed by atoms with E-state index < -0.39 is 0 Å². The van der Waals surface area contributed by atoms with Gasteiger partial charge in [0.1, 0.15) is 5.75 Å². The number of oxazole rings is 1. The van der Waals surface area contributed by atoms with Crippen LogP contribution in [0.1, 0.15) is 0 Å². The third kappa shape index (κ3) is 0.812. The van der Waals surface area contributed by atoms with Crippen molar-refractivity contribution in [3.05, 3.63) is 18.5 Å². The Balaban J connectivity index is 2.82. The van der Waals surface area contributed by atoms with Crippen molar-refractivity contribution in [2.45, 2.75) is 0 Å². The first-order valence-electron chi connectivity index (χ1n) is 3.48. The Hall–Kier alpha value is -1.71. The molecule has 0 unspecified atom stereocenters. The van der Waals surface area contributed by atoms with Gasteiger partial charge in [0.25, 0.3) is 0 Å². The summed E-state index contributed by atoms with van der Waals surface area (Å²) in [5.41, 5.74) is 7.45. The maximum atomic E-state index is 5.63. The second kappa shape index (κ2) is 2.41. The first kappa shape index (κ1) is 6.97. The smallest absolute Gasteiger partial charge is 0.182 e. The fourth-order valence-corrected chi connectivity index (χ4v) is 1.11.